The zero-order chi connectivity index (χ0) is 22.5. The minimum Gasteiger partial charge on any atom is -0.495 e. The van der Waals surface area contributed by atoms with Gasteiger partial charge in [-0.1, -0.05) is 17.7 Å². The second-order valence-corrected chi connectivity index (χ2v) is 9.34. The Morgan fingerprint density at radius 1 is 1.19 bits per heavy atom. The fourth-order valence-corrected chi connectivity index (χ4v) is 4.75. The first-order chi connectivity index (χ1) is 15.5. The number of piperidine rings is 1. The first kappa shape index (κ1) is 23.1. The lowest BCUT2D eigenvalue weighted by Crippen LogP contribution is -2.31. The highest BCUT2D eigenvalue weighted by Crippen LogP contribution is 2.35. The summed E-state index contributed by atoms with van der Waals surface area (Å²) in [4.78, 5) is 11.4. The lowest BCUT2D eigenvalue weighted by Gasteiger charge is -2.29. The predicted octanol–water partition coefficient (Wildman–Crippen LogP) is 4.92. The van der Waals surface area contributed by atoms with E-state index in [2.05, 4.69) is 57.7 Å². The number of benzene rings is 1. The van der Waals surface area contributed by atoms with E-state index in [4.69, 9.17) is 21.1 Å². The van der Waals surface area contributed by atoms with Gasteiger partial charge >= 0.3 is 0 Å². The van der Waals surface area contributed by atoms with E-state index >= 15 is 0 Å². The number of ether oxygens (including phenoxy) is 2. The van der Waals surface area contributed by atoms with Crippen molar-refractivity contribution in [2.45, 2.75) is 44.6 Å². The lowest BCUT2D eigenvalue weighted by molar-refractivity contribution is 0.0622. The molecule has 0 saturated carbocycles. The van der Waals surface area contributed by atoms with Crippen molar-refractivity contribution in [3.05, 3.63) is 35.0 Å². The van der Waals surface area contributed by atoms with Crippen molar-refractivity contribution < 1.29 is 9.47 Å². The summed E-state index contributed by atoms with van der Waals surface area (Å²) < 4.78 is 11.2. The van der Waals surface area contributed by atoms with Crippen molar-refractivity contribution in [2.75, 3.05) is 51.1 Å². The molecule has 0 radical (unpaired) electrons. The number of rotatable bonds is 7. The second kappa shape index (κ2) is 10.7. The van der Waals surface area contributed by atoms with E-state index in [1.807, 2.05) is 0 Å². The van der Waals surface area contributed by atoms with Gasteiger partial charge < -0.3 is 25.0 Å². The Morgan fingerprint density at radius 3 is 2.66 bits per heavy atom. The van der Waals surface area contributed by atoms with Crippen molar-refractivity contribution in [3.63, 3.8) is 0 Å². The van der Waals surface area contributed by atoms with Gasteiger partial charge in [-0.2, -0.15) is 4.98 Å². The van der Waals surface area contributed by atoms with Gasteiger partial charge in [0.15, 0.2) is 5.82 Å². The highest BCUT2D eigenvalue weighted by atomic mass is 35.5. The van der Waals surface area contributed by atoms with Gasteiger partial charge in [-0.15, -0.1) is 0 Å². The molecule has 2 fully saturated rings. The predicted molar refractivity (Wildman–Crippen MR) is 129 cm³/mol. The van der Waals surface area contributed by atoms with Crippen LogP contribution in [0.15, 0.2) is 24.4 Å². The largest absolute Gasteiger partial charge is 0.495 e. The average molecular weight is 460 g/mol. The van der Waals surface area contributed by atoms with Gasteiger partial charge in [0, 0.05) is 19.3 Å². The maximum absolute atomic E-state index is 6.39. The van der Waals surface area contributed by atoms with Crippen LogP contribution < -0.4 is 15.4 Å². The Hall–Kier alpha value is -2.09. The minimum atomic E-state index is 0.252. The average Bonchev–Trinajstić information content (AvgIpc) is 2.82. The molecule has 0 aliphatic carbocycles. The van der Waals surface area contributed by atoms with Crippen molar-refractivity contribution in [2.24, 2.45) is 5.92 Å². The third-order valence-corrected chi connectivity index (χ3v) is 7.02. The number of hydrogen-bond acceptors (Lipinski definition) is 7. The molecule has 0 bridgehead atoms. The molecule has 2 aromatic rings. The molecule has 2 aliphatic rings. The van der Waals surface area contributed by atoms with Crippen LogP contribution in [0.1, 0.15) is 44.1 Å². The minimum absolute atomic E-state index is 0.252. The molecule has 8 heteroatoms. The highest BCUT2D eigenvalue weighted by Gasteiger charge is 2.22. The van der Waals surface area contributed by atoms with Crippen LogP contribution in [-0.2, 0) is 4.74 Å². The van der Waals surface area contributed by atoms with Crippen LogP contribution in [0.5, 0.6) is 5.75 Å². The van der Waals surface area contributed by atoms with E-state index in [1.54, 1.807) is 13.3 Å². The van der Waals surface area contributed by atoms with E-state index in [9.17, 15) is 0 Å². The molecule has 4 rings (SSSR count). The molecule has 2 saturated heterocycles. The van der Waals surface area contributed by atoms with Crippen LogP contribution in [0.3, 0.4) is 0 Å². The van der Waals surface area contributed by atoms with Crippen LogP contribution in [0.4, 0.5) is 17.5 Å². The lowest BCUT2D eigenvalue weighted by atomic mass is 9.89. The number of halogens is 1. The zero-order valence-electron chi connectivity index (χ0n) is 19.2. The molecule has 3 heterocycles. The molecular weight excluding hydrogens is 426 g/mol. The fraction of sp³-hybridized carbons (Fsp3) is 0.583. The molecule has 0 unspecified atom stereocenters. The molecule has 174 valence electrons. The van der Waals surface area contributed by atoms with Gasteiger partial charge in [-0.25, -0.2) is 4.98 Å². The van der Waals surface area contributed by atoms with Crippen LogP contribution >= 0.6 is 11.6 Å². The quantitative estimate of drug-likeness (QED) is 0.608. The maximum atomic E-state index is 6.39. The summed E-state index contributed by atoms with van der Waals surface area (Å²) in [6, 6.07) is 6.63. The first-order valence-corrected chi connectivity index (χ1v) is 11.9. The van der Waals surface area contributed by atoms with Gasteiger partial charge in [-0.05, 0) is 82.3 Å². The number of anilines is 3. The third-order valence-electron chi connectivity index (χ3n) is 6.74. The smallest absolute Gasteiger partial charge is 0.229 e. The van der Waals surface area contributed by atoms with Crippen LogP contribution in [-0.4, -0.2) is 61.4 Å². The van der Waals surface area contributed by atoms with E-state index in [0.29, 0.717) is 28.6 Å². The summed E-state index contributed by atoms with van der Waals surface area (Å²) in [5.41, 5.74) is 2.17. The van der Waals surface area contributed by atoms with E-state index < -0.39 is 0 Å². The first-order valence-electron chi connectivity index (χ1n) is 11.5. The van der Waals surface area contributed by atoms with Crippen LogP contribution in [0.25, 0.3) is 0 Å². The van der Waals surface area contributed by atoms with Crippen molar-refractivity contribution >= 4 is 29.1 Å². The summed E-state index contributed by atoms with van der Waals surface area (Å²) in [6.07, 6.45) is 6.07. The summed E-state index contributed by atoms with van der Waals surface area (Å²) in [5.74, 6) is 3.04. The van der Waals surface area contributed by atoms with Crippen molar-refractivity contribution in [1.82, 2.24) is 14.9 Å². The monoisotopic (exact) mass is 459 g/mol. The Balaban J connectivity index is 1.46. The van der Waals surface area contributed by atoms with E-state index in [1.165, 1.54) is 18.4 Å². The third kappa shape index (κ3) is 5.63. The molecule has 1 aromatic carbocycles. The molecule has 7 nitrogen and oxygen atoms in total. The number of aromatic nitrogens is 2. The summed E-state index contributed by atoms with van der Waals surface area (Å²) in [5, 5.41) is 7.30. The molecule has 0 spiro atoms. The molecule has 1 aromatic heterocycles. The molecular formula is C24H34ClN5O2. The molecule has 0 amide bonds. The van der Waals surface area contributed by atoms with Gasteiger partial charge in [0.1, 0.15) is 10.8 Å². The standard InChI is InChI=1S/C24H34ClN5O2/c1-16(17-8-12-32-13-9-17)27-23-20(25)15-26-24(29-23)28-21-5-4-19(14-22(21)31-3)18-6-10-30(2)11-7-18/h4-5,14-18H,6-13H2,1-3H3,(H2,26,27,28,29)/t16-/m1/s1. The number of hydrogen-bond donors (Lipinski definition) is 2. The Morgan fingerprint density at radius 2 is 1.94 bits per heavy atom. The number of nitrogens with zero attached hydrogens (tertiary/aromatic N) is 3. The highest BCUT2D eigenvalue weighted by molar-refractivity contribution is 6.32. The van der Waals surface area contributed by atoms with Gasteiger partial charge in [0.25, 0.3) is 0 Å². The summed E-state index contributed by atoms with van der Waals surface area (Å²) in [6.45, 7) is 6.07. The summed E-state index contributed by atoms with van der Waals surface area (Å²) >= 11 is 6.39. The van der Waals surface area contributed by atoms with Crippen molar-refractivity contribution in [1.29, 1.82) is 0 Å². The fourth-order valence-electron chi connectivity index (χ4n) is 4.61. The number of methoxy groups -OCH3 is 1. The second-order valence-electron chi connectivity index (χ2n) is 8.94. The molecule has 2 N–H and O–H groups in total. The Kier molecular flexibility index (Phi) is 7.71. The normalized spacial score (nSPS) is 19.5. The van der Waals surface area contributed by atoms with E-state index in [0.717, 1.165) is 50.6 Å². The maximum Gasteiger partial charge on any atom is 0.229 e. The Bertz CT molecular complexity index is 898. The number of likely N-dealkylation sites (tertiary alicyclic amines) is 1. The molecule has 32 heavy (non-hydrogen) atoms. The molecule has 1 atom stereocenters. The topological polar surface area (TPSA) is 71.5 Å². The van der Waals surface area contributed by atoms with Crippen molar-refractivity contribution in [3.8, 4) is 5.75 Å². The summed E-state index contributed by atoms with van der Waals surface area (Å²) in [7, 11) is 3.88. The van der Waals surface area contributed by atoms with Gasteiger partial charge in [0.2, 0.25) is 5.95 Å². The van der Waals surface area contributed by atoms with Crippen LogP contribution in [0, 0.1) is 5.92 Å². The zero-order valence-corrected chi connectivity index (χ0v) is 20.0. The van der Waals surface area contributed by atoms with Gasteiger partial charge in [-0.3, -0.25) is 0 Å². The molecule has 2 aliphatic heterocycles. The SMILES string of the molecule is COc1cc(C2CCN(C)CC2)ccc1Nc1ncc(Cl)c(N[C@H](C)C2CCOCC2)n1. The van der Waals surface area contributed by atoms with E-state index in [-0.39, 0.29) is 6.04 Å². The number of nitrogens with one attached hydrogen (secondary N) is 2. The van der Waals surface area contributed by atoms with Crippen LogP contribution in [0.2, 0.25) is 5.02 Å². The Labute approximate surface area is 195 Å². The van der Waals surface area contributed by atoms with Gasteiger partial charge in [0.05, 0.1) is 19.0 Å².